The Balaban J connectivity index is 1.95. The van der Waals surface area contributed by atoms with Crippen LogP contribution in [0.25, 0.3) is 0 Å². The van der Waals surface area contributed by atoms with E-state index in [9.17, 15) is 4.79 Å². The van der Waals surface area contributed by atoms with E-state index in [0.717, 1.165) is 37.5 Å². The summed E-state index contributed by atoms with van der Waals surface area (Å²) >= 11 is 6.23. The number of rotatable bonds is 5. The molecule has 0 aliphatic carbocycles. The largest absolute Gasteiger partial charge is 0.496 e. The lowest BCUT2D eigenvalue weighted by Gasteiger charge is -2.29. The first-order chi connectivity index (χ1) is 10.1. The molecule has 2 rings (SSSR count). The molecule has 1 aliphatic rings. The lowest BCUT2D eigenvalue weighted by molar-refractivity contribution is -0.132. The number of halogens is 1. The summed E-state index contributed by atoms with van der Waals surface area (Å²) in [6.45, 7) is 4.26. The molecule has 0 spiro atoms. The fraction of sp³-hybridized carbons (Fsp3) is 0.533. The van der Waals surface area contributed by atoms with Crippen molar-refractivity contribution >= 4 is 17.5 Å². The molecule has 1 heterocycles. The number of piperazine rings is 1. The summed E-state index contributed by atoms with van der Waals surface area (Å²) in [5, 5.41) is 3.91. The molecule has 0 unspecified atom stereocenters. The van der Waals surface area contributed by atoms with Gasteiger partial charge in [0.15, 0.2) is 0 Å². The van der Waals surface area contributed by atoms with Crippen molar-refractivity contribution in [1.29, 1.82) is 0 Å². The molecule has 0 aromatic heterocycles. The number of carbonyl (C=O) groups is 1. The summed E-state index contributed by atoms with van der Waals surface area (Å²) in [5.74, 6) is 0.911. The van der Waals surface area contributed by atoms with Crippen LogP contribution in [0.15, 0.2) is 18.2 Å². The molecule has 1 saturated heterocycles. The van der Waals surface area contributed by atoms with Crippen LogP contribution in [0.5, 0.6) is 5.75 Å². The van der Waals surface area contributed by atoms with Crippen molar-refractivity contribution in [2.24, 2.45) is 0 Å². The third-order valence-electron chi connectivity index (χ3n) is 3.60. The normalized spacial score (nSPS) is 15.3. The lowest BCUT2D eigenvalue weighted by Crippen LogP contribution is -2.49. The fourth-order valence-corrected chi connectivity index (χ4v) is 2.68. The van der Waals surface area contributed by atoms with Gasteiger partial charge in [-0.05, 0) is 19.2 Å². The number of hydrogen-bond acceptors (Lipinski definition) is 4. The van der Waals surface area contributed by atoms with Gasteiger partial charge >= 0.3 is 0 Å². The van der Waals surface area contributed by atoms with Crippen molar-refractivity contribution in [2.45, 2.75) is 6.54 Å². The molecule has 21 heavy (non-hydrogen) atoms. The van der Waals surface area contributed by atoms with Crippen molar-refractivity contribution in [1.82, 2.24) is 15.1 Å². The molecule has 5 nitrogen and oxygen atoms in total. The molecular formula is C15H22ClN3O2. The van der Waals surface area contributed by atoms with Gasteiger partial charge in [-0.2, -0.15) is 0 Å². The molecule has 1 aromatic rings. The predicted molar refractivity (Wildman–Crippen MR) is 83.8 cm³/mol. The lowest BCUT2D eigenvalue weighted by atomic mass is 10.2. The van der Waals surface area contributed by atoms with Gasteiger partial charge in [-0.3, -0.25) is 9.69 Å². The Hall–Kier alpha value is -1.30. The standard InChI is InChI=1S/C15H22ClN3O2/c1-18(11-15(20)19-8-6-17-7-9-19)10-12-13(16)4-3-5-14(12)21-2/h3-5,17H,6-11H2,1-2H3. The van der Waals surface area contributed by atoms with Gasteiger partial charge < -0.3 is 15.0 Å². The molecular weight excluding hydrogens is 290 g/mol. The minimum Gasteiger partial charge on any atom is -0.496 e. The second-order valence-electron chi connectivity index (χ2n) is 5.22. The fourth-order valence-electron chi connectivity index (χ4n) is 2.45. The average Bonchev–Trinajstić information content (AvgIpc) is 2.50. The van der Waals surface area contributed by atoms with Crippen LogP contribution in [-0.4, -0.2) is 62.6 Å². The zero-order chi connectivity index (χ0) is 15.2. The number of hydrogen-bond donors (Lipinski definition) is 1. The zero-order valence-corrected chi connectivity index (χ0v) is 13.3. The van der Waals surface area contributed by atoms with E-state index in [1.807, 2.05) is 35.0 Å². The highest BCUT2D eigenvalue weighted by molar-refractivity contribution is 6.31. The quantitative estimate of drug-likeness (QED) is 0.888. The first-order valence-electron chi connectivity index (χ1n) is 7.10. The molecule has 0 bridgehead atoms. The topological polar surface area (TPSA) is 44.8 Å². The van der Waals surface area contributed by atoms with Crippen molar-refractivity contribution in [3.8, 4) is 5.75 Å². The monoisotopic (exact) mass is 311 g/mol. The van der Waals surface area contributed by atoms with Crippen LogP contribution in [0, 0.1) is 0 Å². The smallest absolute Gasteiger partial charge is 0.236 e. The number of likely N-dealkylation sites (N-methyl/N-ethyl adjacent to an activating group) is 1. The van der Waals surface area contributed by atoms with Gasteiger partial charge in [0.25, 0.3) is 0 Å². The number of amides is 1. The van der Waals surface area contributed by atoms with E-state index in [2.05, 4.69) is 5.32 Å². The molecule has 1 amide bonds. The van der Waals surface area contributed by atoms with Gasteiger partial charge in [0.1, 0.15) is 5.75 Å². The van der Waals surface area contributed by atoms with E-state index in [1.54, 1.807) is 7.11 Å². The van der Waals surface area contributed by atoms with Gasteiger partial charge in [0.05, 0.1) is 13.7 Å². The molecule has 0 saturated carbocycles. The molecule has 1 aliphatic heterocycles. The number of carbonyl (C=O) groups excluding carboxylic acids is 1. The molecule has 6 heteroatoms. The maximum absolute atomic E-state index is 12.2. The second kappa shape index (κ2) is 7.64. The number of nitrogens with one attached hydrogen (secondary N) is 1. The first kappa shape index (κ1) is 16.1. The summed E-state index contributed by atoms with van der Waals surface area (Å²) in [4.78, 5) is 16.1. The highest BCUT2D eigenvalue weighted by Crippen LogP contribution is 2.27. The van der Waals surface area contributed by atoms with Crippen molar-refractivity contribution < 1.29 is 9.53 Å². The summed E-state index contributed by atoms with van der Waals surface area (Å²) in [7, 11) is 3.55. The predicted octanol–water partition coefficient (Wildman–Crippen LogP) is 1.21. The van der Waals surface area contributed by atoms with Crippen molar-refractivity contribution in [3.05, 3.63) is 28.8 Å². The Kier molecular flexibility index (Phi) is 5.85. The van der Waals surface area contributed by atoms with Crippen LogP contribution >= 0.6 is 11.6 Å². The Morgan fingerprint density at radius 2 is 2.14 bits per heavy atom. The first-order valence-corrected chi connectivity index (χ1v) is 7.48. The van der Waals surface area contributed by atoms with Crippen molar-refractivity contribution in [2.75, 3.05) is 46.9 Å². The van der Waals surface area contributed by atoms with Crippen LogP contribution < -0.4 is 10.1 Å². The molecule has 1 fully saturated rings. The Morgan fingerprint density at radius 3 is 2.81 bits per heavy atom. The van der Waals surface area contributed by atoms with Crippen LogP contribution in [0.2, 0.25) is 5.02 Å². The number of nitrogens with zero attached hydrogens (tertiary/aromatic N) is 2. The Labute approximate surface area is 130 Å². The number of methoxy groups -OCH3 is 1. The second-order valence-corrected chi connectivity index (χ2v) is 5.63. The van der Waals surface area contributed by atoms with Crippen molar-refractivity contribution in [3.63, 3.8) is 0 Å². The minimum absolute atomic E-state index is 0.157. The summed E-state index contributed by atoms with van der Waals surface area (Å²) in [5.41, 5.74) is 0.914. The van der Waals surface area contributed by atoms with Crippen LogP contribution in [0.4, 0.5) is 0 Å². The molecule has 0 radical (unpaired) electrons. The van der Waals surface area contributed by atoms with Gasteiger partial charge in [0, 0.05) is 43.3 Å². The highest BCUT2D eigenvalue weighted by atomic mass is 35.5. The summed E-state index contributed by atoms with van der Waals surface area (Å²) in [6, 6.07) is 5.58. The van der Waals surface area contributed by atoms with E-state index >= 15 is 0 Å². The van der Waals surface area contributed by atoms with Crippen LogP contribution in [0.3, 0.4) is 0 Å². The van der Waals surface area contributed by atoms with Gasteiger partial charge in [0.2, 0.25) is 5.91 Å². The molecule has 1 N–H and O–H groups in total. The highest BCUT2D eigenvalue weighted by Gasteiger charge is 2.18. The number of ether oxygens (including phenoxy) is 1. The number of benzene rings is 1. The van der Waals surface area contributed by atoms with E-state index in [1.165, 1.54) is 0 Å². The Morgan fingerprint density at radius 1 is 1.43 bits per heavy atom. The van der Waals surface area contributed by atoms with Gasteiger partial charge in [-0.25, -0.2) is 0 Å². The third kappa shape index (κ3) is 4.33. The molecule has 116 valence electrons. The Bertz CT molecular complexity index is 490. The van der Waals surface area contributed by atoms with Gasteiger partial charge in [-0.15, -0.1) is 0 Å². The van der Waals surface area contributed by atoms with E-state index < -0.39 is 0 Å². The maximum atomic E-state index is 12.2. The zero-order valence-electron chi connectivity index (χ0n) is 12.6. The molecule has 0 atom stereocenters. The van der Waals surface area contributed by atoms with E-state index in [4.69, 9.17) is 16.3 Å². The van der Waals surface area contributed by atoms with E-state index in [0.29, 0.717) is 18.1 Å². The molecule has 1 aromatic carbocycles. The van der Waals surface area contributed by atoms with Crippen LogP contribution in [0.1, 0.15) is 5.56 Å². The summed E-state index contributed by atoms with van der Waals surface area (Å²) < 4.78 is 5.33. The third-order valence-corrected chi connectivity index (χ3v) is 3.95. The maximum Gasteiger partial charge on any atom is 0.236 e. The SMILES string of the molecule is COc1cccc(Cl)c1CN(C)CC(=O)N1CCNCC1. The van der Waals surface area contributed by atoms with Gasteiger partial charge in [-0.1, -0.05) is 17.7 Å². The van der Waals surface area contributed by atoms with E-state index in [-0.39, 0.29) is 5.91 Å². The average molecular weight is 312 g/mol. The van der Waals surface area contributed by atoms with Crippen LogP contribution in [-0.2, 0) is 11.3 Å². The summed E-state index contributed by atoms with van der Waals surface area (Å²) in [6.07, 6.45) is 0. The minimum atomic E-state index is 0.157.